The summed E-state index contributed by atoms with van der Waals surface area (Å²) in [6, 6.07) is 0. The molecule has 1 unspecified atom stereocenters. The molecule has 8 heavy (non-hydrogen) atoms. The van der Waals surface area contributed by atoms with E-state index in [9.17, 15) is 0 Å². The fourth-order valence-electron chi connectivity index (χ4n) is 0.577. The number of nitrogens with zero attached hydrogens (tertiary/aromatic N) is 1. The van der Waals surface area contributed by atoms with Gasteiger partial charge in [0.2, 0.25) is 0 Å². The Morgan fingerprint density at radius 2 is 2.75 bits per heavy atom. The molecule has 0 aromatic rings. The second-order valence-corrected chi connectivity index (χ2v) is 1.60. The first kappa shape index (κ1) is 5.35. The van der Waals surface area contributed by atoms with Crippen LogP contribution in [0.15, 0.2) is 17.3 Å². The zero-order chi connectivity index (χ0) is 5.82. The van der Waals surface area contributed by atoms with Crippen LogP contribution < -0.4 is 0 Å². The standard InChI is InChI=1S/C6H8NO/c1-2-3-6-4-5-7-8-6/h2-3,5-6H,1,4H2/b3-2+. The van der Waals surface area contributed by atoms with Gasteiger partial charge in [-0.15, -0.1) is 0 Å². The minimum atomic E-state index is 0.146. The summed E-state index contributed by atoms with van der Waals surface area (Å²) in [5.74, 6) is 0. The fraction of sp³-hybridized carbons (Fsp3) is 0.333. The maximum Gasteiger partial charge on any atom is 0.150 e. The largest absolute Gasteiger partial charge is 0.388 e. The van der Waals surface area contributed by atoms with Crippen LogP contribution in [-0.2, 0) is 4.84 Å². The van der Waals surface area contributed by atoms with Crippen molar-refractivity contribution < 1.29 is 4.84 Å². The van der Waals surface area contributed by atoms with Crippen LogP contribution >= 0.6 is 0 Å². The lowest BCUT2D eigenvalue weighted by Crippen LogP contribution is -1.98. The van der Waals surface area contributed by atoms with Gasteiger partial charge in [-0.25, -0.2) is 0 Å². The molecule has 2 heteroatoms. The van der Waals surface area contributed by atoms with Crippen LogP contribution in [-0.4, -0.2) is 12.3 Å². The Kier molecular flexibility index (Phi) is 1.67. The van der Waals surface area contributed by atoms with Crippen molar-refractivity contribution in [1.82, 2.24) is 0 Å². The van der Waals surface area contributed by atoms with E-state index in [4.69, 9.17) is 4.84 Å². The molecule has 0 fully saturated rings. The van der Waals surface area contributed by atoms with E-state index in [1.54, 1.807) is 12.3 Å². The van der Waals surface area contributed by atoms with Gasteiger partial charge >= 0.3 is 0 Å². The first-order valence-corrected chi connectivity index (χ1v) is 2.57. The van der Waals surface area contributed by atoms with Crippen molar-refractivity contribution in [3.8, 4) is 0 Å². The lowest BCUT2D eigenvalue weighted by atomic mass is 10.2. The van der Waals surface area contributed by atoms with Crippen molar-refractivity contribution in [2.75, 3.05) is 0 Å². The molecule has 0 saturated heterocycles. The van der Waals surface area contributed by atoms with Crippen molar-refractivity contribution in [3.05, 3.63) is 19.1 Å². The van der Waals surface area contributed by atoms with Crippen LogP contribution in [0.1, 0.15) is 6.42 Å². The Hall–Kier alpha value is -0.790. The van der Waals surface area contributed by atoms with Crippen LogP contribution in [0.3, 0.4) is 0 Å². The molecule has 1 heterocycles. The van der Waals surface area contributed by atoms with Crippen molar-refractivity contribution in [3.63, 3.8) is 0 Å². The van der Waals surface area contributed by atoms with E-state index in [0.717, 1.165) is 6.42 Å². The molecule has 0 amide bonds. The van der Waals surface area contributed by atoms with Crippen LogP contribution in [0.4, 0.5) is 0 Å². The highest BCUT2D eigenvalue weighted by molar-refractivity contribution is 5.59. The number of hydrogen-bond acceptors (Lipinski definition) is 2. The van der Waals surface area contributed by atoms with Gasteiger partial charge in [0.05, 0.1) is 0 Å². The SMILES string of the molecule is [CH2]/C=C/C1CC=NO1. The van der Waals surface area contributed by atoms with E-state index in [0.29, 0.717) is 0 Å². The number of hydrogen-bond donors (Lipinski definition) is 0. The Labute approximate surface area is 48.8 Å². The van der Waals surface area contributed by atoms with E-state index >= 15 is 0 Å². The molecule has 0 aromatic carbocycles. The summed E-state index contributed by atoms with van der Waals surface area (Å²) in [4.78, 5) is 4.84. The van der Waals surface area contributed by atoms with Crippen LogP contribution in [0.25, 0.3) is 0 Å². The van der Waals surface area contributed by atoms with Crippen LogP contribution in [0.2, 0.25) is 0 Å². The molecule has 0 aliphatic carbocycles. The zero-order valence-corrected chi connectivity index (χ0v) is 4.58. The van der Waals surface area contributed by atoms with Crippen LogP contribution in [0, 0.1) is 6.92 Å². The summed E-state index contributed by atoms with van der Waals surface area (Å²) in [6.07, 6.45) is 6.38. The van der Waals surface area contributed by atoms with E-state index in [-0.39, 0.29) is 6.10 Å². The van der Waals surface area contributed by atoms with E-state index in [1.165, 1.54) is 0 Å². The van der Waals surface area contributed by atoms with Gasteiger partial charge < -0.3 is 4.84 Å². The van der Waals surface area contributed by atoms with Gasteiger partial charge in [0.1, 0.15) is 0 Å². The summed E-state index contributed by atoms with van der Waals surface area (Å²) in [5.41, 5.74) is 0. The Morgan fingerprint density at radius 1 is 1.88 bits per heavy atom. The smallest absolute Gasteiger partial charge is 0.150 e. The third kappa shape index (κ3) is 1.09. The maximum atomic E-state index is 4.84. The molecule has 2 nitrogen and oxygen atoms in total. The third-order valence-corrected chi connectivity index (χ3v) is 0.959. The molecular weight excluding hydrogens is 102 g/mol. The minimum absolute atomic E-state index is 0.146. The van der Waals surface area contributed by atoms with Gasteiger partial charge in [0.25, 0.3) is 0 Å². The minimum Gasteiger partial charge on any atom is -0.388 e. The molecule has 0 spiro atoms. The molecule has 1 radical (unpaired) electrons. The van der Waals surface area contributed by atoms with Gasteiger partial charge in [-0.2, -0.15) is 0 Å². The average Bonchev–Trinajstić information content (AvgIpc) is 2.19. The fourth-order valence-corrected chi connectivity index (χ4v) is 0.577. The molecular formula is C6H8NO. The number of oxime groups is 1. The zero-order valence-electron chi connectivity index (χ0n) is 4.58. The highest BCUT2D eigenvalue weighted by Gasteiger charge is 2.06. The van der Waals surface area contributed by atoms with Gasteiger partial charge in [-0.05, 0) is 13.0 Å². The van der Waals surface area contributed by atoms with Crippen LogP contribution in [0.5, 0.6) is 0 Å². The topological polar surface area (TPSA) is 21.6 Å². The summed E-state index contributed by atoms with van der Waals surface area (Å²) in [6.45, 7) is 3.53. The van der Waals surface area contributed by atoms with E-state index < -0.39 is 0 Å². The number of allylic oxidation sites excluding steroid dienone is 1. The Balaban J connectivity index is 2.30. The van der Waals surface area contributed by atoms with Gasteiger partial charge in [0.15, 0.2) is 6.10 Å². The van der Waals surface area contributed by atoms with Crippen molar-refractivity contribution >= 4 is 6.21 Å². The number of rotatable bonds is 1. The normalized spacial score (nSPS) is 26.9. The molecule has 1 rings (SSSR count). The first-order valence-electron chi connectivity index (χ1n) is 2.57. The summed E-state index contributed by atoms with van der Waals surface area (Å²) < 4.78 is 0. The van der Waals surface area contributed by atoms with E-state index in [1.807, 2.05) is 6.08 Å². The average molecular weight is 110 g/mol. The predicted molar refractivity (Wildman–Crippen MR) is 32.5 cm³/mol. The molecule has 1 aliphatic heterocycles. The monoisotopic (exact) mass is 110 g/mol. The molecule has 1 aliphatic rings. The quantitative estimate of drug-likeness (QED) is 0.496. The van der Waals surface area contributed by atoms with Crippen molar-refractivity contribution in [1.29, 1.82) is 0 Å². The first-order chi connectivity index (χ1) is 3.93. The summed E-state index contributed by atoms with van der Waals surface area (Å²) >= 11 is 0. The predicted octanol–water partition coefficient (Wildman–Crippen LogP) is 1.15. The van der Waals surface area contributed by atoms with Gasteiger partial charge in [-0.3, -0.25) is 0 Å². The summed E-state index contributed by atoms with van der Waals surface area (Å²) in [7, 11) is 0. The second-order valence-electron chi connectivity index (χ2n) is 1.60. The molecule has 0 aromatic heterocycles. The molecule has 1 atom stereocenters. The molecule has 0 bridgehead atoms. The van der Waals surface area contributed by atoms with Gasteiger partial charge in [-0.1, -0.05) is 11.2 Å². The molecule has 0 saturated carbocycles. The second kappa shape index (κ2) is 2.50. The highest BCUT2D eigenvalue weighted by atomic mass is 16.6. The Bertz CT molecular complexity index is 110. The lowest BCUT2D eigenvalue weighted by Gasteiger charge is -1.97. The Morgan fingerprint density at radius 3 is 3.25 bits per heavy atom. The van der Waals surface area contributed by atoms with E-state index in [2.05, 4.69) is 12.1 Å². The van der Waals surface area contributed by atoms with Gasteiger partial charge in [0, 0.05) is 12.6 Å². The van der Waals surface area contributed by atoms with Crippen molar-refractivity contribution in [2.24, 2.45) is 5.16 Å². The third-order valence-electron chi connectivity index (χ3n) is 0.959. The highest BCUT2D eigenvalue weighted by Crippen LogP contribution is 2.04. The summed E-state index contributed by atoms with van der Waals surface area (Å²) in [5, 5.41) is 3.58. The molecule has 43 valence electrons. The maximum absolute atomic E-state index is 4.84. The lowest BCUT2D eigenvalue weighted by molar-refractivity contribution is 0.120. The molecule has 0 N–H and O–H groups in total. The van der Waals surface area contributed by atoms with Crippen molar-refractivity contribution in [2.45, 2.75) is 12.5 Å².